The summed E-state index contributed by atoms with van der Waals surface area (Å²) in [7, 11) is 0. The van der Waals surface area contributed by atoms with Gasteiger partial charge < -0.3 is 15.0 Å². The van der Waals surface area contributed by atoms with Crippen molar-refractivity contribution in [3.8, 4) is 0 Å². The van der Waals surface area contributed by atoms with Gasteiger partial charge in [-0.1, -0.05) is 15.9 Å². The Morgan fingerprint density at radius 2 is 1.96 bits per heavy atom. The normalized spacial score (nSPS) is 13.5. The average Bonchev–Trinajstić information content (AvgIpc) is 3.18. The number of hydrogen-bond donors (Lipinski definition) is 1. The molecule has 1 aliphatic rings. The van der Waals surface area contributed by atoms with E-state index in [4.69, 9.17) is 4.74 Å². The van der Waals surface area contributed by atoms with Crippen LogP contribution in [0.5, 0.6) is 0 Å². The van der Waals surface area contributed by atoms with Gasteiger partial charge in [0, 0.05) is 23.2 Å². The zero-order valence-corrected chi connectivity index (χ0v) is 16.0. The number of amides is 1. The number of rotatable bonds is 5. The fraction of sp³-hybridized carbons (Fsp3) is 0.333. The van der Waals surface area contributed by atoms with Crippen molar-refractivity contribution in [1.82, 2.24) is 10.2 Å². The Morgan fingerprint density at radius 1 is 1.19 bits per heavy atom. The van der Waals surface area contributed by atoms with Crippen molar-refractivity contribution in [3.63, 3.8) is 0 Å². The molecule has 1 amide bonds. The summed E-state index contributed by atoms with van der Waals surface area (Å²) in [5.41, 5.74) is 1.72. The first-order chi connectivity index (χ1) is 12.5. The number of esters is 1. The molecule has 8 heteroatoms. The molecule has 2 heterocycles. The third kappa shape index (κ3) is 4.57. The molecular weight excluding hydrogens is 400 g/mol. The van der Waals surface area contributed by atoms with Gasteiger partial charge in [-0.05, 0) is 55.7 Å². The largest absolute Gasteiger partial charge is 0.451 e. The van der Waals surface area contributed by atoms with Gasteiger partial charge in [0.1, 0.15) is 0 Å². The summed E-state index contributed by atoms with van der Waals surface area (Å²) in [5, 5.41) is 10.7. The molecular formula is C18H19BrN4O3. The van der Waals surface area contributed by atoms with Gasteiger partial charge in [-0.25, -0.2) is 4.79 Å². The maximum Gasteiger partial charge on any atom is 0.359 e. The summed E-state index contributed by atoms with van der Waals surface area (Å²) >= 11 is 3.40. The molecule has 7 nitrogen and oxygen atoms in total. The lowest BCUT2D eigenvalue weighted by atomic mass is 10.2. The highest BCUT2D eigenvalue weighted by atomic mass is 79.9. The Hall–Kier alpha value is -2.48. The smallest absolute Gasteiger partial charge is 0.359 e. The van der Waals surface area contributed by atoms with Crippen LogP contribution in [0.2, 0.25) is 0 Å². The number of hydrogen-bond acceptors (Lipinski definition) is 6. The van der Waals surface area contributed by atoms with Crippen molar-refractivity contribution in [3.05, 3.63) is 46.1 Å². The Morgan fingerprint density at radius 3 is 2.62 bits per heavy atom. The van der Waals surface area contributed by atoms with E-state index in [9.17, 15) is 9.59 Å². The van der Waals surface area contributed by atoms with Crippen LogP contribution in [0.25, 0.3) is 0 Å². The molecule has 0 unspecified atom stereocenters. The zero-order chi connectivity index (χ0) is 18.5. The van der Waals surface area contributed by atoms with E-state index >= 15 is 0 Å². The Balaban J connectivity index is 1.51. The maximum atomic E-state index is 12.0. The van der Waals surface area contributed by atoms with Gasteiger partial charge in [0.2, 0.25) is 0 Å². The second kappa shape index (κ2) is 8.27. The molecule has 26 heavy (non-hydrogen) atoms. The van der Waals surface area contributed by atoms with Crippen LogP contribution >= 0.6 is 15.9 Å². The number of aryl methyl sites for hydroxylation is 1. The summed E-state index contributed by atoms with van der Waals surface area (Å²) in [6, 6.07) is 8.75. The molecule has 2 aromatic rings. The van der Waals surface area contributed by atoms with Gasteiger partial charge in [0.05, 0.1) is 0 Å². The summed E-state index contributed by atoms with van der Waals surface area (Å²) in [6.45, 7) is 3.44. The Labute approximate surface area is 159 Å². The summed E-state index contributed by atoms with van der Waals surface area (Å²) in [4.78, 5) is 26.1. The summed E-state index contributed by atoms with van der Waals surface area (Å²) < 4.78 is 5.96. The van der Waals surface area contributed by atoms with Crippen LogP contribution in [0, 0.1) is 6.92 Å². The van der Waals surface area contributed by atoms with E-state index in [0.29, 0.717) is 5.69 Å². The van der Waals surface area contributed by atoms with Crippen LogP contribution < -0.4 is 10.2 Å². The summed E-state index contributed by atoms with van der Waals surface area (Å²) in [5.74, 6) is -0.336. The van der Waals surface area contributed by atoms with Gasteiger partial charge in [0.25, 0.3) is 5.91 Å². The predicted molar refractivity (Wildman–Crippen MR) is 101 cm³/mol. The van der Waals surface area contributed by atoms with Crippen LogP contribution in [0.15, 0.2) is 34.8 Å². The second-order valence-corrected chi connectivity index (χ2v) is 6.91. The van der Waals surface area contributed by atoms with Gasteiger partial charge in [-0.2, -0.15) is 0 Å². The molecule has 1 N–H and O–H groups in total. The Kier molecular flexibility index (Phi) is 5.82. The van der Waals surface area contributed by atoms with E-state index in [0.717, 1.165) is 41.8 Å². The van der Waals surface area contributed by atoms with Crippen LogP contribution in [-0.2, 0) is 9.53 Å². The van der Waals surface area contributed by atoms with E-state index < -0.39 is 11.9 Å². The third-order valence-electron chi connectivity index (χ3n) is 4.07. The van der Waals surface area contributed by atoms with Crippen molar-refractivity contribution < 1.29 is 14.3 Å². The minimum absolute atomic E-state index is 0.0835. The molecule has 0 saturated carbocycles. The Bertz CT molecular complexity index is 805. The second-order valence-electron chi connectivity index (χ2n) is 6.06. The lowest BCUT2D eigenvalue weighted by Gasteiger charge is -2.15. The van der Waals surface area contributed by atoms with Gasteiger partial charge in [-0.15, -0.1) is 10.2 Å². The molecule has 0 atom stereocenters. The standard InChI is InChI=1S/C18H19BrN4O3/c1-12-10-13(4-5-14(12)19)20-17(24)11-26-18(25)15-6-7-16(22-21-15)23-8-2-3-9-23/h4-7,10H,2-3,8-9,11H2,1H3,(H,20,24). The highest BCUT2D eigenvalue weighted by Gasteiger charge is 2.16. The van der Waals surface area contributed by atoms with Crippen molar-refractivity contribution in [2.75, 3.05) is 29.9 Å². The average molecular weight is 419 g/mol. The van der Waals surface area contributed by atoms with Crippen molar-refractivity contribution >= 4 is 39.3 Å². The van der Waals surface area contributed by atoms with Crippen molar-refractivity contribution in [2.24, 2.45) is 0 Å². The molecule has 1 saturated heterocycles. The number of aromatic nitrogens is 2. The molecule has 1 aliphatic heterocycles. The molecule has 1 aromatic heterocycles. The van der Waals surface area contributed by atoms with Crippen LogP contribution in [0.1, 0.15) is 28.9 Å². The van der Waals surface area contributed by atoms with Gasteiger partial charge >= 0.3 is 5.97 Å². The molecule has 0 spiro atoms. The van der Waals surface area contributed by atoms with E-state index in [1.807, 2.05) is 19.1 Å². The molecule has 0 radical (unpaired) electrons. The quantitative estimate of drug-likeness (QED) is 0.751. The maximum absolute atomic E-state index is 12.0. The summed E-state index contributed by atoms with van der Waals surface area (Å²) in [6.07, 6.45) is 2.27. The van der Waals surface area contributed by atoms with Crippen LogP contribution in [0.3, 0.4) is 0 Å². The molecule has 1 aromatic carbocycles. The number of carbonyl (C=O) groups excluding carboxylic acids is 2. The fourth-order valence-electron chi connectivity index (χ4n) is 2.67. The minimum Gasteiger partial charge on any atom is -0.451 e. The van der Waals surface area contributed by atoms with E-state index in [1.54, 1.807) is 18.2 Å². The van der Waals surface area contributed by atoms with E-state index in [2.05, 4.69) is 36.3 Å². The first-order valence-corrected chi connectivity index (χ1v) is 9.14. The molecule has 0 bridgehead atoms. The number of nitrogens with one attached hydrogen (secondary N) is 1. The van der Waals surface area contributed by atoms with E-state index in [-0.39, 0.29) is 12.3 Å². The molecule has 136 valence electrons. The van der Waals surface area contributed by atoms with E-state index in [1.165, 1.54) is 0 Å². The molecule has 1 fully saturated rings. The topological polar surface area (TPSA) is 84.4 Å². The number of benzene rings is 1. The fourth-order valence-corrected chi connectivity index (χ4v) is 2.92. The van der Waals surface area contributed by atoms with Crippen molar-refractivity contribution in [1.29, 1.82) is 0 Å². The van der Waals surface area contributed by atoms with Gasteiger partial charge in [-0.3, -0.25) is 4.79 Å². The third-order valence-corrected chi connectivity index (χ3v) is 4.96. The zero-order valence-electron chi connectivity index (χ0n) is 14.4. The first-order valence-electron chi connectivity index (χ1n) is 8.35. The van der Waals surface area contributed by atoms with Crippen molar-refractivity contribution in [2.45, 2.75) is 19.8 Å². The number of anilines is 2. The predicted octanol–water partition coefficient (Wildman–Crippen LogP) is 2.94. The lowest BCUT2D eigenvalue weighted by molar-refractivity contribution is -0.119. The van der Waals surface area contributed by atoms with Crippen LogP contribution in [0.4, 0.5) is 11.5 Å². The van der Waals surface area contributed by atoms with Gasteiger partial charge in [0.15, 0.2) is 18.1 Å². The number of nitrogens with zero attached hydrogens (tertiary/aromatic N) is 3. The number of ether oxygens (including phenoxy) is 1. The first kappa shape index (κ1) is 18.3. The highest BCUT2D eigenvalue weighted by Crippen LogP contribution is 2.20. The monoisotopic (exact) mass is 418 g/mol. The highest BCUT2D eigenvalue weighted by molar-refractivity contribution is 9.10. The molecule has 3 rings (SSSR count). The number of carbonyl (C=O) groups is 2. The molecule has 0 aliphatic carbocycles. The lowest BCUT2D eigenvalue weighted by Crippen LogP contribution is -2.22. The SMILES string of the molecule is Cc1cc(NC(=O)COC(=O)c2ccc(N3CCCC3)nn2)ccc1Br. The number of halogens is 1. The minimum atomic E-state index is -0.674. The van der Waals surface area contributed by atoms with Crippen LogP contribution in [-0.4, -0.2) is 41.8 Å².